The second-order valence-electron chi connectivity index (χ2n) is 3.89. The number of halogens is 1. The van der Waals surface area contributed by atoms with E-state index in [1.807, 2.05) is 0 Å². The van der Waals surface area contributed by atoms with Crippen LogP contribution in [0, 0.1) is 5.82 Å². The number of ether oxygens (including phenoxy) is 2. The summed E-state index contributed by atoms with van der Waals surface area (Å²) >= 11 is 0. The first-order valence-corrected chi connectivity index (χ1v) is 7.10. The van der Waals surface area contributed by atoms with Gasteiger partial charge in [-0.25, -0.2) is 12.8 Å². The van der Waals surface area contributed by atoms with Crippen LogP contribution in [0.5, 0.6) is 0 Å². The van der Waals surface area contributed by atoms with E-state index in [1.54, 1.807) is 0 Å². The Bertz CT molecular complexity index is 506. The van der Waals surface area contributed by atoms with Crippen molar-refractivity contribution in [1.82, 2.24) is 0 Å². The standard InChI is InChI=1S/C11H13FO4S/c1-17(13,14)10-4-3-8(7-9(10)12)11-15-5-2-6-16-11/h3-4,7,11H,2,5-6H2,1H3. The SMILES string of the molecule is CS(=O)(=O)c1ccc(C2OCCCO2)cc1F. The van der Waals surface area contributed by atoms with Crippen molar-refractivity contribution in [1.29, 1.82) is 0 Å². The summed E-state index contributed by atoms with van der Waals surface area (Å²) in [5.41, 5.74) is 0.495. The monoisotopic (exact) mass is 260 g/mol. The molecule has 1 aromatic carbocycles. The van der Waals surface area contributed by atoms with Crippen LogP contribution in [0.2, 0.25) is 0 Å². The Kier molecular flexibility index (Phi) is 3.46. The molecule has 0 aromatic heterocycles. The molecule has 0 saturated carbocycles. The largest absolute Gasteiger partial charge is 0.348 e. The second-order valence-corrected chi connectivity index (χ2v) is 5.87. The van der Waals surface area contributed by atoms with Crippen LogP contribution in [0.3, 0.4) is 0 Å². The Morgan fingerprint density at radius 3 is 2.47 bits per heavy atom. The lowest BCUT2D eigenvalue weighted by Gasteiger charge is -2.23. The van der Waals surface area contributed by atoms with E-state index < -0.39 is 21.9 Å². The Morgan fingerprint density at radius 2 is 1.94 bits per heavy atom. The van der Waals surface area contributed by atoms with Crippen molar-refractivity contribution in [3.63, 3.8) is 0 Å². The highest BCUT2D eigenvalue weighted by Crippen LogP contribution is 2.25. The molecule has 1 heterocycles. The highest BCUT2D eigenvalue weighted by Gasteiger charge is 2.20. The lowest BCUT2D eigenvalue weighted by molar-refractivity contribution is -0.183. The second kappa shape index (κ2) is 4.72. The van der Waals surface area contributed by atoms with Gasteiger partial charge in [-0.3, -0.25) is 0 Å². The average molecular weight is 260 g/mol. The fourth-order valence-corrected chi connectivity index (χ4v) is 2.37. The molecular weight excluding hydrogens is 247 g/mol. The topological polar surface area (TPSA) is 52.6 Å². The zero-order valence-electron chi connectivity index (χ0n) is 9.35. The molecule has 4 nitrogen and oxygen atoms in total. The van der Waals surface area contributed by atoms with Gasteiger partial charge in [0.25, 0.3) is 0 Å². The van der Waals surface area contributed by atoms with Gasteiger partial charge in [-0.2, -0.15) is 0 Å². The summed E-state index contributed by atoms with van der Waals surface area (Å²) in [7, 11) is -3.54. The molecule has 1 aromatic rings. The first-order valence-electron chi connectivity index (χ1n) is 5.21. The van der Waals surface area contributed by atoms with Gasteiger partial charge in [0.2, 0.25) is 0 Å². The summed E-state index contributed by atoms with van der Waals surface area (Å²) in [6.07, 6.45) is 1.17. The normalized spacial score (nSPS) is 18.2. The molecule has 2 rings (SSSR count). The minimum absolute atomic E-state index is 0.308. The fraction of sp³-hybridized carbons (Fsp3) is 0.455. The van der Waals surface area contributed by atoms with Crippen LogP contribution in [-0.2, 0) is 19.3 Å². The van der Waals surface area contributed by atoms with Crippen molar-refractivity contribution in [3.8, 4) is 0 Å². The van der Waals surface area contributed by atoms with E-state index in [0.717, 1.165) is 18.7 Å². The third-order valence-electron chi connectivity index (χ3n) is 2.45. The molecule has 1 saturated heterocycles. The zero-order valence-corrected chi connectivity index (χ0v) is 10.2. The van der Waals surface area contributed by atoms with Crippen LogP contribution in [0.1, 0.15) is 18.3 Å². The Labute approximate surface area is 99.3 Å². The molecule has 1 fully saturated rings. The van der Waals surface area contributed by atoms with E-state index in [1.165, 1.54) is 12.1 Å². The first-order chi connectivity index (χ1) is 7.98. The molecule has 1 aliphatic heterocycles. The van der Waals surface area contributed by atoms with Crippen molar-refractivity contribution < 1.29 is 22.3 Å². The van der Waals surface area contributed by atoms with E-state index in [2.05, 4.69) is 0 Å². The zero-order chi connectivity index (χ0) is 12.5. The molecule has 94 valence electrons. The summed E-state index contributed by atoms with van der Waals surface area (Å²) in [6.45, 7) is 1.11. The van der Waals surface area contributed by atoms with E-state index in [-0.39, 0.29) is 4.90 Å². The molecule has 0 atom stereocenters. The molecule has 0 spiro atoms. The van der Waals surface area contributed by atoms with Crippen LogP contribution in [0.15, 0.2) is 23.1 Å². The molecule has 6 heteroatoms. The van der Waals surface area contributed by atoms with Gasteiger partial charge in [0, 0.05) is 11.8 Å². The van der Waals surface area contributed by atoms with Gasteiger partial charge in [-0.15, -0.1) is 0 Å². The van der Waals surface area contributed by atoms with Gasteiger partial charge >= 0.3 is 0 Å². The molecule has 0 radical (unpaired) electrons. The lowest BCUT2D eigenvalue weighted by atomic mass is 10.2. The van der Waals surface area contributed by atoms with Crippen LogP contribution < -0.4 is 0 Å². The predicted molar refractivity (Wildman–Crippen MR) is 58.8 cm³/mol. The van der Waals surface area contributed by atoms with E-state index in [4.69, 9.17) is 9.47 Å². The molecule has 0 aliphatic carbocycles. The molecule has 17 heavy (non-hydrogen) atoms. The smallest absolute Gasteiger partial charge is 0.183 e. The van der Waals surface area contributed by atoms with Gasteiger partial charge in [0.15, 0.2) is 16.1 Å². The number of rotatable bonds is 2. The van der Waals surface area contributed by atoms with Crippen LogP contribution in [0.4, 0.5) is 4.39 Å². The van der Waals surface area contributed by atoms with Crippen LogP contribution in [0.25, 0.3) is 0 Å². The Balaban J connectivity index is 2.30. The van der Waals surface area contributed by atoms with Gasteiger partial charge in [-0.05, 0) is 18.6 Å². The first kappa shape index (κ1) is 12.5. The van der Waals surface area contributed by atoms with Crippen LogP contribution >= 0.6 is 0 Å². The molecule has 0 amide bonds. The molecule has 0 N–H and O–H groups in total. The number of hydrogen-bond donors (Lipinski definition) is 0. The summed E-state index contributed by atoms with van der Waals surface area (Å²) < 4.78 is 46.7. The third kappa shape index (κ3) is 2.83. The van der Waals surface area contributed by atoms with Gasteiger partial charge in [-0.1, -0.05) is 6.07 Å². The van der Waals surface area contributed by atoms with Gasteiger partial charge in [0.05, 0.1) is 13.2 Å². The molecular formula is C11H13FO4S. The summed E-state index contributed by atoms with van der Waals surface area (Å²) in [4.78, 5) is -0.308. The van der Waals surface area contributed by atoms with E-state index in [0.29, 0.717) is 18.8 Å². The van der Waals surface area contributed by atoms with E-state index >= 15 is 0 Å². The van der Waals surface area contributed by atoms with Crippen LogP contribution in [-0.4, -0.2) is 27.9 Å². The molecule has 0 bridgehead atoms. The minimum Gasteiger partial charge on any atom is -0.348 e. The minimum atomic E-state index is -3.54. The Hall–Kier alpha value is -0.980. The Morgan fingerprint density at radius 1 is 1.29 bits per heavy atom. The maximum Gasteiger partial charge on any atom is 0.183 e. The van der Waals surface area contributed by atoms with Gasteiger partial charge in [0.1, 0.15) is 10.7 Å². The van der Waals surface area contributed by atoms with Crippen molar-refractivity contribution in [3.05, 3.63) is 29.6 Å². The van der Waals surface area contributed by atoms with Crippen molar-refractivity contribution >= 4 is 9.84 Å². The van der Waals surface area contributed by atoms with E-state index in [9.17, 15) is 12.8 Å². The molecule has 0 unspecified atom stereocenters. The summed E-state index contributed by atoms with van der Waals surface area (Å²) in [6, 6.07) is 3.89. The van der Waals surface area contributed by atoms with Crippen molar-refractivity contribution in [2.24, 2.45) is 0 Å². The summed E-state index contributed by atoms with van der Waals surface area (Å²) in [5, 5.41) is 0. The number of benzene rings is 1. The highest BCUT2D eigenvalue weighted by atomic mass is 32.2. The fourth-order valence-electron chi connectivity index (χ4n) is 1.64. The predicted octanol–water partition coefficient (Wildman–Crippen LogP) is 1.66. The highest BCUT2D eigenvalue weighted by molar-refractivity contribution is 7.90. The van der Waals surface area contributed by atoms with Crippen molar-refractivity contribution in [2.75, 3.05) is 19.5 Å². The number of sulfone groups is 1. The average Bonchev–Trinajstić information content (AvgIpc) is 2.28. The quantitative estimate of drug-likeness (QED) is 0.811. The molecule has 1 aliphatic rings. The van der Waals surface area contributed by atoms with Gasteiger partial charge < -0.3 is 9.47 Å². The van der Waals surface area contributed by atoms with Crippen molar-refractivity contribution in [2.45, 2.75) is 17.6 Å². The lowest BCUT2D eigenvalue weighted by Crippen LogP contribution is -2.18. The maximum absolute atomic E-state index is 13.6. The maximum atomic E-state index is 13.6. The summed E-state index contributed by atoms with van der Waals surface area (Å²) in [5.74, 6) is -0.775. The third-order valence-corrected chi connectivity index (χ3v) is 3.58. The number of hydrogen-bond acceptors (Lipinski definition) is 4.